The van der Waals surface area contributed by atoms with Gasteiger partial charge in [-0.2, -0.15) is 4.72 Å². The van der Waals surface area contributed by atoms with E-state index in [0.29, 0.717) is 8.95 Å². The highest BCUT2D eigenvalue weighted by atomic mass is 79.9. The van der Waals surface area contributed by atoms with Gasteiger partial charge >= 0.3 is 5.97 Å². The molecule has 5 nitrogen and oxygen atoms in total. The van der Waals surface area contributed by atoms with Gasteiger partial charge in [0.1, 0.15) is 6.04 Å². The number of nitrogens with one attached hydrogen (secondary N) is 1. The Morgan fingerprint density at radius 1 is 1.30 bits per heavy atom. The van der Waals surface area contributed by atoms with Crippen molar-refractivity contribution < 1.29 is 17.9 Å². The minimum absolute atomic E-state index is 0.0569. The molecule has 0 spiro atoms. The molecule has 0 aromatic heterocycles. The molecule has 1 rings (SSSR count). The third-order valence-electron chi connectivity index (χ3n) is 2.59. The maximum absolute atomic E-state index is 12.4. The largest absolute Gasteiger partial charge is 0.468 e. The second-order valence-corrected chi connectivity index (χ2v) is 7.89. The Bertz CT molecular complexity index is 601. The van der Waals surface area contributed by atoms with Gasteiger partial charge in [-0.1, -0.05) is 29.8 Å². The number of benzene rings is 1. The number of methoxy groups -OCH3 is 1. The van der Waals surface area contributed by atoms with Crippen LogP contribution in [0.3, 0.4) is 0 Å². The van der Waals surface area contributed by atoms with Gasteiger partial charge in [-0.15, -0.1) is 0 Å². The molecule has 0 fully saturated rings. The molecule has 0 radical (unpaired) electrons. The summed E-state index contributed by atoms with van der Waals surface area (Å²) in [6, 6.07) is 3.85. The van der Waals surface area contributed by atoms with E-state index in [0.717, 1.165) is 0 Å². The quantitative estimate of drug-likeness (QED) is 0.731. The van der Waals surface area contributed by atoms with E-state index in [4.69, 9.17) is 0 Å². The number of hydrogen-bond donors (Lipinski definition) is 1. The molecule has 20 heavy (non-hydrogen) atoms. The van der Waals surface area contributed by atoms with Crippen molar-refractivity contribution in [3.8, 4) is 0 Å². The average molecular weight is 429 g/mol. The van der Waals surface area contributed by atoms with Gasteiger partial charge < -0.3 is 4.74 Å². The second-order valence-electron chi connectivity index (χ2n) is 4.44. The molecular formula is C12H15Br2NO4S. The van der Waals surface area contributed by atoms with Crippen molar-refractivity contribution in [3.63, 3.8) is 0 Å². The maximum atomic E-state index is 12.4. The summed E-state index contributed by atoms with van der Waals surface area (Å²) in [5.41, 5.74) is 0. The van der Waals surface area contributed by atoms with Crippen LogP contribution >= 0.6 is 31.9 Å². The molecule has 1 aromatic carbocycles. The summed E-state index contributed by atoms with van der Waals surface area (Å²) in [6.45, 7) is 3.47. The maximum Gasteiger partial charge on any atom is 0.324 e. The molecule has 0 bridgehead atoms. The molecule has 1 N–H and O–H groups in total. The third kappa shape index (κ3) is 4.28. The molecule has 1 aromatic rings. The van der Waals surface area contributed by atoms with E-state index in [2.05, 4.69) is 41.3 Å². The van der Waals surface area contributed by atoms with Crippen LogP contribution in [-0.4, -0.2) is 27.5 Å². The number of esters is 1. The van der Waals surface area contributed by atoms with Crippen molar-refractivity contribution in [3.05, 3.63) is 27.1 Å². The topological polar surface area (TPSA) is 72.5 Å². The van der Waals surface area contributed by atoms with Crippen molar-refractivity contribution in [1.29, 1.82) is 0 Å². The molecule has 0 aliphatic heterocycles. The van der Waals surface area contributed by atoms with Crippen LogP contribution in [0.5, 0.6) is 0 Å². The van der Waals surface area contributed by atoms with E-state index in [1.54, 1.807) is 26.0 Å². The molecule has 0 heterocycles. The van der Waals surface area contributed by atoms with Gasteiger partial charge in [0.15, 0.2) is 0 Å². The first-order chi connectivity index (χ1) is 9.19. The Morgan fingerprint density at radius 3 is 2.40 bits per heavy atom. The van der Waals surface area contributed by atoms with Gasteiger partial charge in [0.05, 0.1) is 12.0 Å². The first-order valence-electron chi connectivity index (χ1n) is 5.74. The number of carbonyl (C=O) groups excluding carboxylic acids is 1. The Morgan fingerprint density at radius 2 is 1.90 bits per heavy atom. The molecule has 0 saturated carbocycles. The zero-order valence-corrected chi connectivity index (χ0v) is 15.2. The van der Waals surface area contributed by atoms with Gasteiger partial charge in [-0.3, -0.25) is 4.79 Å². The highest BCUT2D eigenvalue weighted by Crippen LogP contribution is 2.26. The van der Waals surface area contributed by atoms with Crippen LogP contribution in [0.25, 0.3) is 0 Å². The van der Waals surface area contributed by atoms with Gasteiger partial charge in [0, 0.05) is 8.95 Å². The fourth-order valence-corrected chi connectivity index (χ4v) is 4.33. The molecule has 1 atom stereocenters. The lowest BCUT2D eigenvalue weighted by molar-refractivity contribution is -0.143. The van der Waals surface area contributed by atoms with Gasteiger partial charge in [0.2, 0.25) is 10.0 Å². The van der Waals surface area contributed by atoms with Crippen molar-refractivity contribution in [1.82, 2.24) is 4.72 Å². The summed E-state index contributed by atoms with van der Waals surface area (Å²) in [5.74, 6) is -0.849. The van der Waals surface area contributed by atoms with Gasteiger partial charge in [-0.05, 0) is 40.0 Å². The second kappa shape index (κ2) is 7.02. The van der Waals surface area contributed by atoms with Crippen molar-refractivity contribution in [2.24, 2.45) is 5.92 Å². The first-order valence-corrected chi connectivity index (χ1v) is 8.81. The fourth-order valence-electron chi connectivity index (χ4n) is 1.50. The van der Waals surface area contributed by atoms with Crippen LogP contribution < -0.4 is 4.72 Å². The lowest BCUT2D eigenvalue weighted by atomic mass is 10.1. The molecule has 0 unspecified atom stereocenters. The zero-order valence-electron chi connectivity index (χ0n) is 11.2. The van der Waals surface area contributed by atoms with E-state index in [1.807, 2.05) is 0 Å². The molecule has 0 saturated heterocycles. The number of sulfonamides is 1. The lowest BCUT2D eigenvalue weighted by Crippen LogP contribution is -2.44. The Labute approximate surface area is 135 Å². The number of ether oxygens (including phenoxy) is 1. The van der Waals surface area contributed by atoms with E-state index in [1.165, 1.54) is 13.2 Å². The summed E-state index contributed by atoms with van der Waals surface area (Å²) >= 11 is 6.41. The summed E-state index contributed by atoms with van der Waals surface area (Å²) in [4.78, 5) is 11.7. The van der Waals surface area contributed by atoms with Crippen LogP contribution in [0, 0.1) is 5.92 Å². The minimum atomic E-state index is -3.84. The van der Waals surface area contributed by atoms with Crippen LogP contribution in [0.1, 0.15) is 13.8 Å². The Kier molecular flexibility index (Phi) is 6.18. The number of carbonyl (C=O) groups is 1. The molecule has 0 amide bonds. The Hall–Kier alpha value is -0.440. The zero-order chi connectivity index (χ0) is 15.5. The predicted molar refractivity (Wildman–Crippen MR) is 82.8 cm³/mol. The van der Waals surface area contributed by atoms with Gasteiger partial charge in [0.25, 0.3) is 0 Å². The van der Waals surface area contributed by atoms with E-state index in [-0.39, 0.29) is 10.8 Å². The minimum Gasteiger partial charge on any atom is -0.468 e. The molecular weight excluding hydrogens is 414 g/mol. The first kappa shape index (κ1) is 17.6. The molecule has 8 heteroatoms. The van der Waals surface area contributed by atoms with E-state index < -0.39 is 22.0 Å². The SMILES string of the molecule is COC(=O)[C@@H](NS(=O)(=O)c1cc(Br)ccc1Br)C(C)C. The van der Waals surface area contributed by atoms with Crippen LogP contribution in [0.2, 0.25) is 0 Å². The third-order valence-corrected chi connectivity index (χ3v) is 5.51. The molecule has 0 aliphatic carbocycles. The molecule has 112 valence electrons. The highest BCUT2D eigenvalue weighted by Gasteiger charge is 2.30. The van der Waals surface area contributed by atoms with Crippen molar-refractivity contribution in [2.75, 3.05) is 7.11 Å². The number of hydrogen-bond acceptors (Lipinski definition) is 4. The highest BCUT2D eigenvalue weighted by molar-refractivity contribution is 9.11. The van der Waals surface area contributed by atoms with E-state index in [9.17, 15) is 13.2 Å². The van der Waals surface area contributed by atoms with E-state index >= 15 is 0 Å². The number of halogens is 2. The monoisotopic (exact) mass is 427 g/mol. The standard InChI is InChI=1S/C12H15Br2NO4S/c1-7(2)11(12(16)19-3)15-20(17,18)10-6-8(13)4-5-9(10)14/h4-7,11,15H,1-3H3/t11-/m0/s1. The van der Waals surface area contributed by atoms with Crippen molar-refractivity contribution >= 4 is 47.9 Å². The predicted octanol–water partition coefficient (Wildman–Crippen LogP) is 2.69. The summed E-state index contributed by atoms with van der Waals surface area (Å²) in [5, 5.41) is 0. The van der Waals surface area contributed by atoms with Crippen LogP contribution in [0.4, 0.5) is 0 Å². The van der Waals surface area contributed by atoms with Crippen LogP contribution in [-0.2, 0) is 19.6 Å². The summed E-state index contributed by atoms with van der Waals surface area (Å²) < 4.78 is 32.8. The lowest BCUT2D eigenvalue weighted by Gasteiger charge is -2.20. The summed E-state index contributed by atoms with van der Waals surface area (Å²) in [6.07, 6.45) is 0. The molecule has 0 aliphatic rings. The summed E-state index contributed by atoms with van der Waals surface area (Å²) in [7, 11) is -2.62. The fraction of sp³-hybridized carbons (Fsp3) is 0.417. The Balaban J connectivity index is 3.16. The van der Waals surface area contributed by atoms with Crippen LogP contribution in [0.15, 0.2) is 32.0 Å². The van der Waals surface area contributed by atoms with Gasteiger partial charge in [-0.25, -0.2) is 8.42 Å². The van der Waals surface area contributed by atoms with Crippen molar-refractivity contribution in [2.45, 2.75) is 24.8 Å². The normalized spacial score (nSPS) is 13.3. The number of rotatable bonds is 5. The smallest absolute Gasteiger partial charge is 0.324 e. The average Bonchev–Trinajstić information content (AvgIpc) is 2.37.